The van der Waals surface area contributed by atoms with E-state index in [0.717, 1.165) is 30.0 Å². The van der Waals surface area contributed by atoms with Gasteiger partial charge in [-0.3, -0.25) is 0 Å². The summed E-state index contributed by atoms with van der Waals surface area (Å²) < 4.78 is 7.37. The lowest BCUT2D eigenvalue weighted by Crippen LogP contribution is -1.99. The van der Waals surface area contributed by atoms with Gasteiger partial charge in [0.05, 0.1) is 24.7 Å². The number of methoxy groups -OCH3 is 1. The molecule has 23 heavy (non-hydrogen) atoms. The summed E-state index contributed by atoms with van der Waals surface area (Å²) in [4.78, 5) is 0. The summed E-state index contributed by atoms with van der Waals surface area (Å²) in [6.07, 6.45) is 3.72. The molecule has 4 heteroatoms. The summed E-state index contributed by atoms with van der Waals surface area (Å²) in [6.45, 7) is 4.20. The lowest BCUT2D eigenvalue weighted by Gasteiger charge is -2.12. The number of aromatic nitrogens is 3. The monoisotopic (exact) mass is 307 g/mol. The van der Waals surface area contributed by atoms with Gasteiger partial charge in [-0.05, 0) is 49.9 Å². The Labute approximate surface area is 136 Å². The molecular formula is C19H21N3O. The third-order valence-electron chi connectivity index (χ3n) is 3.91. The third-order valence-corrected chi connectivity index (χ3v) is 3.91. The normalized spacial score (nSPS) is 10.7. The third kappa shape index (κ3) is 3.42. The molecule has 4 nitrogen and oxygen atoms in total. The van der Waals surface area contributed by atoms with Crippen LogP contribution in [0.4, 0.5) is 0 Å². The number of hydrogen-bond acceptors (Lipinski definition) is 3. The highest BCUT2D eigenvalue weighted by atomic mass is 16.5. The van der Waals surface area contributed by atoms with Crippen molar-refractivity contribution < 1.29 is 4.74 Å². The van der Waals surface area contributed by atoms with Gasteiger partial charge in [-0.1, -0.05) is 41.1 Å². The van der Waals surface area contributed by atoms with Gasteiger partial charge in [-0.25, -0.2) is 4.68 Å². The van der Waals surface area contributed by atoms with Gasteiger partial charge < -0.3 is 4.74 Å². The van der Waals surface area contributed by atoms with Crippen LogP contribution in [0.2, 0.25) is 0 Å². The van der Waals surface area contributed by atoms with E-state index in [-0.39, 0.29) is 0 Å². The van der Waals surface area contributed by atoms with E-state index in [1.807, 2.05) is 41.2 Å². The summed E-state index contributed by atoms with van der Waals surface area (Å²) in [5.41, 5.74) is 5.66. The molecule has 0 spiro atoms. The number of ether oxygens (including phenoxy) is 1. The summed E-state index contributed by atoms with van der Waals surface area (Å²) in [5.74, 6) is 0.978. The molecule has 3 rings (SSSR count). The fraction of sp³-hybridized carbons (Fsp3) is 0.263. The minimum absolute atomic E-state index is 0.839. The van der Waals surface area contributed by atoms with Gasteiger partial charge in [0.15, 0.2) is 0 Å². The van der Waals surface area contributed by atoms with Crippen LogP contribution in [0.5, 0.6) is 5.75 Å². The number of rotatable bonds is 5. The highest BCUT2D eigenvalue weighted by Crippen LogP contribution is 2.26. The molecule has 1 aromatic heterocycles. The number of para-hydroxylation sites is 1. The molecule has 0 aliphatic heterocycles. The van der Waals surface area contributed by atoms with Crippen molar-refractivity contribution in [3.05, 3.63) is 71.0 Å². The fourth-order valence-electron chi connectivity index (χ4n) is 2.90. The molecule has 0 radical (unpaired) electrons. The van der Waals surface area contributed by atoms with Gasteiger partial charge in [-0.2, -0.15) is 0 Å². The minimum Gasteiger partial charge on any atom is -0.496 e. The van der Waals surface area contributed by atoms with E-state index >= 15 is 0 Å². The van der Waals surface area contributed by atoms with Crippen molar-refractivity contribution in [3.8, 4) is 11.4 Å². The Hall–Kier alpha value is -2.62. The average molecular weight is 307 g/mol. The maximum atomic E-state index is 5.55. The van der Waals surface area contributed by atoms with E-state index < -0.39 is 0 Å². The molecule has 0 saturated carbocycles. The average Bonchev–Trinajstić information content (AvgIpc) is 3.02. The SMILES string of the molecule is COc1c(C)cc(C)cc1CCc1cn(-c2ccccc2)nn1. The Bertz CT molecular complexity index is 794. The Balaban J connectivity index is 1.76. The lowest BCUT2D eigenvalue weighted by atomic mass is 10.0. The fourth-order valence-corrected chi connectivity index (χ4v) is 2.90. The maximum Gasteiger partial charge on any atom is 0.124 e. The van der Waals surface area contributed by atoms with Crippen LogP contribution in [0.1, 0.15) is 22.4 Å². The first kappa shape index (κ1) is 15.3. The van der Waals surface area contributed by atoms with Crippen LogP contribution < -0.4 is 4.74 Å². The molecule has 0 atom stereocenters. The van der Waals surface area contributed by atoms with Crippen molar-refractivity contribution in [2.24, 2.45) is 0 Å². The van der Waals surface area contributed by atoms with Crippen molar-refractivity contribution in [1.82, 2.24) is 15.0 Å². The van der Waals surface area contributed by atoms with E-state index in [2.05, 4.69) is 36.3 Å². The number of benzene rings is 2. The van der Waals surface area contributed by atoms with Gasteiger partial charge in [-0.15, -0.1) is 5.10 Å². The number of hydrogen-bond donors (Lipinski definition) is 0. The lowest BCUT2D eigenvalue weighted by molar-refractivity contribution is 0.406. The van der Waals surface area contributed by atoms with Crippen molar-refractivity contribution >= 4 is 0 Å². The van der Waals surface area contributed by atoms with Crippen molar-refractivity contribution in [3.63, 3.8) is 0 Å². The maximum absolute atomic E-state index is 5.55. The number of nitrogens with zero attached hydrogens (tertiary/aromatic N) is 3. The highest BCUT2D eigenvalue weighted by Gasteiger charge is 2.09. The van der Waals surface area contributed by atoms with E-state index in [4.69, 9.17) is 4.74 Å². The topological polar surface area (TPSA) is 39.9 Å². The van der Waals surface area contributed by atoms with Crippen molar-refractivity contribution in [1.29, 1.82) is 0 Å². The highest BCUT2D eigenvalue weighted by molar-refractivity contribution is 5.44. The first-order valence-electron chi connectivity index (χ1n) is 7.78. The zero-order chi connectivity index (χ0) is 16.2. The molecule has 0 unspecified atom stereocenters. The van der Waals surface area contributed by atoms with Crippen LogP contribution in [0.3, 0.4) is 0 Å². The second kappa shape index (κ2) is 6.65. The summed E-state index contributed by atoms with van der Waals surface area (Å²) >= 11 is 0. The Morgan fingerprint density at radius 1 is 1.04 bits per heavy atom. The van der Waals surface area contributed by atoms with Crippen LogP contribution in [0.25, 0.3) is 5.69 Å². The van der Waals surface area contributed by atoms with Crippen LogP contribution in [-0.2, 0) is 12.8 Å². The first-order chi connectivity index (χ1) is 11.2. The Kier molecular flexibility index (Phi) is 4.42. The van der Waals surface area contributed by atoms with Crippen LogP contribution in [0.15, 0.2) is 48.7 Å². The van der Waals surface area contributed by atoms with Gasteiger partial charge in [0.25, 0.3) is 0 Å². The van der Waals surface area contributed by atoms with Crippen molar-refractivity contribution in [2.75, 3.05) is 7.11 Å². The standard InChI is InChI=1S/C19H21N3O/c1-14-11-15(2)19(23-3)16(12-14)9-10-17-13-22(21-20-17)18-7-5-4-6-8-18/h4-8,11-13H,9-10H2,1-3H3. The summed E-state index contributed by atoms with van der Waals surface area (Å²) in [5, 5.41) is 8.49. The predicted octanol–water partition coefficient (Wildman–Crippen LogP) is 3.68. The second-order valence-electron chi connectivity index (χ2n) is 5.76. The van der Waals surface area contributed by atoms with Crippen LogP contribution in [-0.4, -0.2) is 22.1 Å². The molecule has 0 fully saturated rings. The molecular weight excluding hydrogens is 286 g/mol. The van der Waals surface area contributed by atoms with Gasteiger partial charge in [0, 0.05) is 0 Å². The largest absolute Gasteiger partial charge is 0.496 e. The van der Waals surface area contributed by atoms with E-state index in [9.17, 15) is 0 Å². The number of aryl methyl sites for hydroxylation is 4. The smallest absolute Gasteiger partial charge is 0.124 e. The Morgan fingerprint density at radius 3 is 2.57 bits per heavy atom. The summed E-state index contributed by atoms with van der Waals surface area (Å²) in [7, 11) is 1.73. The molecule has 0 N–H and O–H groups in total. The first-order valence-corrected chi connectivity index (χ1v) is 7.78. The molecule has 0 aliphatic carbocycles. The zero-order valence-electron chi connectivity index (χ0n) is 13.8. The second-order valence-corrected chi connectivity index (χ2v) is 5.76. The quantitative estimate of drug-likeness (QED) is 0.722. The van der Waals surface area contributed by atoms with E-state index in [1.165, 1.54) is 16.7 Å². The van der Waals surface area contributed by atoms with E-state index in [1.54, 1.807) is 7.11 Å². The Morgan fingerprint density at radius 2 is 1.83 bits per heavy atom. The summed E-state index contributed by atoms with van der Waals surface area (Å²) in [6, 6.07) is 14.4. The molecule has 0 aliphatic rings. The molecule has 2 aromatic carbocycles. The molecule has 0 saturated heterocycles. The van der Waals surface area contributed by atoms with Crippen molar-refractivity contribution in [2.45, 2.75) is 26.7 Å². The molecule has 3 aromatic rings. The van der Waals surface area contributed by atoms with Gasteiger partial charge in [0.2, 0.25) is 0 Å². The minimum atomic E-state index is 0.839. The van der Waals surface area contributed by atoms with Gasteiger partial charge in [0.1, 0.15) is 5.75 Å². The molecule has 0 bridgehead atoms. The molecule has 118 valence electrons. The predicted molar refractivity (Wildman–Crippen MR) is 91.2 cm³/mol. The van der Waals surface area contributed by atoms with E-state index in [0.29, 0.717) is 0 Å². The zero-order valence-corrected chi connectivity index (χ0v) is 13.8. The van der Waals surface area contributed by atoms with Crippen LogP contribution in [0, 0.1) is 13.8 Å². The van der Waals surface area contributed by atoms with Crippen LogP contribution >= 0.6 is 0 Å². The van der Waals surface area contributed by atoms with Gasteiger partial charge >= 0.3 is 0 Å². The molecule has 1 heterocycles. The molecule has 0 amide bonds.